The van der Waals surface area contributed by atoms with Gasteiger partial charge < -0.3 is 16.0 Å². The summed E-state index contributed by atoms with van der Waals surface area (Å²) in [5, 5.41) is 11.7. The first kappa shape index (κ1) is 22.3. The Hall–Kier alpha value is -2.47. The fourth-order valence-electron chi connectivity index (χ4n) is 4.15. The van der Waals surface area contributed by atoms with E-state index >= 15 is 0 Å². The van der Waals surface area contributed by atoms with E-state index in [0.29, 0.717) is 34.7 Å². The number of hydrogen-bond donors (Lipinski definition) is 3. The van der Waals surface area contributed by atoms with Crippen molar-refractivity contribution in [1.82, 2.24) is 24.9 Å². The molecule has 0 saturated carbocycles. The number of piperidine rings is 1. The molecule has 2 aromatic rings. The van der Waals surface area contributed by atoms with Crippen molar-refractivity contribution in [2.24, 2.45) is 5.92 Å². The molecule has 0 amide bonds. The van der Waals surface area contributed by atoms with Crippen LogP contribution in [0.1, 0.15) is 18.7 Å². The van der Waals surface area contributed by atoms with Gasteiger partial charge in [-0.05, 0) is 36.3 Å². The largest absolute Gasteiger partial charge is 0.367 e. The number of rotatable bonds is 6. The Morgan fingerprint density at radius 1 is 1.33 bits per heavy atom. The number of dihydropyridines is 1. The van der Waals surface area contributed by atoms with Crippen molar-refractivity contribution in [3.05, 3.63) is 64.4 Å². The molecule has 3 aliphatic heterocycles. The number of nitrogens with zero attached hydrogens (tertiary/aromatic N) is 3. The van der Waals surface area contributed by atoms with Crippen LogP contribution < -0.4 is 16.0 Å². The number of thiophene rings is 1. The average molecular weight is 509 g/mol. The van der Waals surface area contributed by atoms with Crippen molar-refractivity contribution in [2.45, 2.75) is 23.2 Å². The predicted octanol–water partition coefficient (Wildman–Crippen LogP) is 3.07. The molecule has 0 radical (unpaired) electrons. The number of sulfonamides is 1. The van der Waals surface area contributed by atoms with E-state index in [0.717, 1.165) is 30.2 Å². The van der Waals surface area contributed by atoms with Gasteiger partial charge in [0.2, 0.25) is 0 Å². The smallest absolute Gasteiger partial charge is 0.252 e. The van der Waals surface area contributed by atoms with E-state index in [1.54, 1.807) is 29.9 Å². The summed E-state index contributed by atoms with van der Waals surface area (Å²) >= 11 is 7.33. The van der Waals surface area contributed by atoms with Crippen LogP contribution in [0.25, 0.3) is 5.57 Å². The van der Waals surface area contributed by atoms with E-state index in [2.05, 4.69) is 25.9 Å². The highest BCUT2D eigenvalue weighted by atomic mass is 35.5. The number of halogens is 2. The van der Waals surface area contributed by atoms with Crippen LogP contribution in [0.15, 0.2) is 57.0 Å². The molecule has 5 rings (SSSR count). The first-order valence-electron chi connectivity index (χ1n) is 10.5. The molecule has 3 aliphatic rings. The van der Waals surface area contributed by atoms with Crippen molar-refractivity contribution >= 4 is 44.4 Å². The Bertz CT molecular complexity index is 1250. The SMILES string of the molecule is O=S(=O)(c1cccs1)N1CCC[C@H](CNc2nc(C3=CNC4NC=C(Cl)C=C34)ncc2F)C1. The standard InChI is InChI=1S/C21H22ClFN6O2S2/c22-14-7-15-16(10-26-19(15)25-9-14)20-27-11-17(23)21(28-20)24-8-13-3-1-5-29(12-13)33(30,31)18-4-2-6-32-18/h2,4,6-7,9-11,13,19,25-26H,1,3,5,8,12H2,(H,24,27,28)/t13-,19?/m1/s1. The third-order valence-corrected chi connectivity index (χ3v) is 9.27. The van der Waals surface area contributed by atoms with Gasteiger partial charge in [0, 0.05) is 43.2 Å². The Labute approximate surface area is 200 Å². The number of hydrogen-bond acceptors (Lipinski definition) is 8. The van der Waals surface area contributed by atoms with Crippen molar-refractivity contribution in [2.75, 3.05) is 25.0 Å². The number of aromatic nitrogens is 2. The number of allylic oxidation sites excluding steroid dienone is 2. The lowest BCUT2D eigenvalue weighted by Crippen LogP contribution is -2.41. The monoisotopic (exact) mass is 508 g/mol. The Morgan fingerprint density at radius 3 is 3.00 bits per heavy atom. The van der Waals surface area contributed by atoms with Crippen molar-refractivity contribution < 1.29 is 12.8 Å². The molecule has 0 aliphatic carbocycles. The molecule has 174 valence electrons. The molecule has 1 saturated heterocycles. The molecule has 1 unspecified atom stereocenters. The van der Waals surface area contributed by atoms with Crippen molar-refractivity contribution in [3.8, 4) is 0 Å². The molecule has 3 N–H and O–H groups in total. The number of fused-ring (bicyclic) bond motifs is 1. The van der Waals surface area contributed by atoms with Gasteiger partial charge in [-0.25, -0.2) is 22.8 Å². The summed E-state index contributed by atoms with van der Waals surface area (Å²) in [6.07, 6.45) is 7.90. The minimum Gasteiger partial charge on any atom is -0.367 e. The summed E-state index contributed by atoms with van der Waals surface area (Å²) in [6, 6.07) is 3.36. The summed E-state index contributed by atoms with van der Waals surface area (Å²) in [6.45, 7) is 1.28. The molecule has 12 heteroatoms. The second-order valence-electron chi connectivity index (χ2n) is 8.03. The second kappa shape index (κ2) is 9.05. The third kappa shape index (κ3) is 4.50. The van der Waals surface area contributed by atoms with Crippen LogP contribution in [0.5, 0.6) is 0 Å². The van der Waals surface area contributed by atoms with E-state index in [4.69, 9.17) is 11.6 Å². The fourth-order valence-corrected chi connectivity index (χ4v) is 7.03. The molecular formula is C21H22ClFN6O2S2. The molecule has 1 fully saturated rings. The van der Waals surface area contributed by atoms with E-state index in [1.165, 1.54) is 15.6 Å². The summed E-state index contributed by atoms with van der Waals surface area (Å²) in [5.41, 5.74) is 1.61. The maximum atomic E-state index is 14.5. The Balaban J connectivity index is 1.28. The normalized spacial score (nSPS) is 23.0. The van der Waals surface area contributed by atoms with Gasteiger partial charge >= 0.3 is 0 Å². The Morgan fingerprint density at radius 2 is 2.18 bits per heavy atom. The average Bonchev–Trinajstić information content (AvgIpc) is 3.49. The predicted molar refractivity (Wildman–Crippen MR) is 126 cm³/mol. The lowest BCUT2D eigenvalue weighted by Gasteiger charge is -2.31. The van der Waals surface area contributed by atoms with Crippen LogP contribution in [0.4, 0.5) is 10.2 Å². The zero-order chi connectivity index (χ0) is 23.0. The first-order valence-corrected chi connectivity index (χ1v) is 13.2. The zero-order valence-corrected chi connectivity index (χ0v) is 19.9. The molecule has 2 aromatic heterocycles. The van der Waals surface area contributed by atoms with Gasteiger partial charge in [-0.2, -0.15) is 4.31 Å². The summed E-state index contributed by atoms with van der Waals surface area (Å²) in [5.74, 6) is -0.0564. The molecule has 8 nitrogen and oxygen atoms in total. The van der Waals surface area contributed by atoms with Crippen molar-refractivity contribution in [1.29, 1.82) is 0 Å². The van der Waals surface area contributed by atoms with Gasteiger partial charge in [-0.3, -0.25) is 0 Å². The second-order valence-corrected chi connectivity index (χ2v) is 11.6. The van der Waals surface area contributed by atoms with Crippen LogP contribution in [-0.4, -0.2) is 48.5 Å². The van der Waals surface area contributed by atoms with E-state index in [9.17, 15) is 12.8 Å². The fraction of sp³-hybridized carbons (Fsp3) is 0.333. The summed E-state index contributed by atoms with van der Waals surface area (Å²) in [4.78, 5) is 8.55. The zero-order valence-electron chi connectivity index (χ0n) is 17.5. The third-order valence-electron chi connectivity index (χ3n) is 5.81. The van der Waals surface area contributed by atoms with E-state index in [-0.39, 0.29) is 17.9 Å². The van der Waals surface area contributed by atoms with Gasteiger partial charge in [0.05, 0.1) is 11.2 Å². The number of nitrogens with one attached hydrogen (secondary N) is 3. The van der Waals surface area contributed by atoms with Crippen LogP contribution in [0.3, 0.4) is 0 Å². The summed E-state index contributed by atoms with van der Waals surface area (Å²) in [7, 11) is -3.49. The van der Waals surface area contributed by atoms with E-state index < -0.39 is 15.8 Å². The molecule has 33 heavy (non-hydrogen) atoms. The highest BCUT2D eigenvalue weighted by molar-refractivity contribution is 7.91. The number of anilines is 1. The van der Waals surface area contributed by atoms with Gasteiger partial charge in [0.25, 0.3) is 10.0 Å². The maximum Gasteiger partial charge on any atom is 0.252 e. The van der Waals surface area contributed by atoms with Crippen LogP contribution in [-0.2, 0) is 10.0 Å². The molecule has 5 heterocycles. The topological polar surface area (TPSA) is 99.2 Å². The molecule has 0 bridgehead atoms. The van der Waals surface area contributed by atoms with Gasteiger partial charge in [0.1, 0.15) is 10.4 Å². The molecule has 2 atom stereocenters. The van der Waals surface area contributed by atoms with Gasteiger partial charge in [-0.15, -0.1) is 11.3 Å². The van der Waals surface area contributed by atoms with E-state index in [1.807, 2.05) is 6.08 Å². The van der Waals surface area contributed by atoms with Gasteiger partial charge in [0.15, 0.2) is 17.5 Å². The highest BCUT2D eigenvalue weighted by Gasteiger charge is 2.31. The minimum atomic E-state index is -3.49. The van der Waals surface area contributed by atoms with Crippen LogP contribution in [0, 0.1) is 11.7 Å². The lowest BCUT2D eigenvalue weighted by atomic mass is 10.00. The van der Waals surface area contributed by atoms with Crippen molar-refractivity contribution in [3.63, 3.8) is 0 Å². The lowest BCUT2D eigenvalue weighted by molar-refractivity contribution is 0.275. The first-order chi connectivity index (χ1) is 15.9. The molecule has 0 spiro atoms. The maximum absolute atomic E-state index is 14.5. The summed E-state index contributed by atoms with van der Waals surface area (Å²) < 4.78 is 42.0. The minimum absolute atomic E-state index is 0.0391. The highest BCUT2D eigenvalue weighted by Crippen LogP contribution is 2.31. The van der Waals surface area contributed by atoms with Crippen LogP contribution in [0.2, 0.25) is 0 Å². The Kier molecular flexibility index (Phi) is 6.12. The quantitative estimate of drug-likeness (QED) is 0.551. The van der Waals surface area contributed by atoms with Gasteiger partial charge in [-0.1, -0.05) is 17.7 Å². The molecular weight excluding hydrogens is 487 g/mol. The van der Waals surface area contributed by atoms with Crippen LogP contribution >= 0.6 is 22.9 Å². The molecule has 0 aromatic carbocycles.